The van der Waals surface area contributed by atoms with E-state index in [2.05, 4.69) is 13.2 Å². The average molecular weight is 284 g/mol. The van der Waals surface area contributed by atoms with Gasteiger partial charge in [-0.1, -0.05) is 39.2 Å². The lowest BCUT2D eigenvalue weighted by Crippen LogP contribution is -2.21. The van der Waals surface area contributed by atoms with Crippen molar-refractivity contribution in [3.8, 4) is 0 Å². The number of furan rings is 1. The molecule has 108 valence electrons. The van der Waals surface area contributed by atoms with E-state index >= 15 is 0 Å². The molecule has 0 aliphatic carbocycles. The second kappa shape index (κ2) is 11.0. The maximum absolute atomic E-state index is 5.57. The van der Waals surface area contributed by atoms with Crippen LogP contribution in [0.2, 0.25) is 0 Å². The van der Waals surface area contributed by atoms with Crippen LogP contribution in [0.5, 0.6) is 0 Å². The summed E-state index contributed by atoms with van der Waals surface area (Å²) in [7, 11) is -0.893. The van der Waals surface area contributed by atoms with Crippen LogP contribution in [0, 0.1) is 0 Å². The van der Waals surface area contributed by atoms with Crippen molar-refractivity contribution in [2.45, 2.75) is 33.9 Å². The molecule has 0 saturated carbocycles. The van der Waals surface area contributed by atoms with E-state index in [0.717, 1.165) is 16.9 Å². The van der Waals surface area contributed by atoms with Gasteiger partial charge in [-0.05, 0) is 13.8 Å². The van der Waals surface area contributed by atoms with E-state index in [1.165, 1.54) is 0 Å². The van der Waals surface area contributed by atoms with E-state index in [0.29, 0.717) is 18.6 Å². The minimum atomic E-state index is -0.893. The van der Waals surface area contributed by atoms with Crippen LogP contribution in [0.4, 0.5) is 0 Å². The summed E-state index contributed by atoms with van der Waals surface area (Å²) in [4.78, 5) is 0. The Bertz CT molecular complexity index is 444. The Balaban J connectivity index is 0.00000154. The van der Waals surface area contributed by atoms with Gasteiger partial charge in [0.1, 0.15) is 5.42 Å². The average Bonchev–Trinajstić information content (AvgIpc) is 2.75. The molecule has 0 unspecified atom stereocenters. The van der Waals surface area contributed by atoms with E-state index in [-0.39, 0.29) is 0 Å². The van der Waals surface area contributed by atoms with Gasteiger partial charge >= 0.3 is 0 Å². The molecule has 0 bridgehead atoms. The summed E-state index contributed by atoms with van der Waals surface area (Å²) in [5, 5.41) is 0.979. The fraction of sp³-hybridized carbons (Fsp3) is 0.467. The second-order valence-corrected chi connectivity index (χ2v) is 4.82. The highest BCUT2D eigenvalue weighted by molar-refractivity contribution is 7.46. The molecule has 1 heterocycles. The summed E-state index contributed by atoms with van der Waals surface area (Å²) in [5.74, 6) is 0. The Morgan fingerprint density at radius 1 is 1.26 bits per heavy atom. The normalized spacial score (nSPS) is 11.3. The van der Waals surface area contributed by atoms with Crippen LogP contribution in [0.1, 0.15) is 33.3 Å². The molecule has 19 heavy (non-hydrogen) atoms. The van der Waals surface area contributed by atoms with E-state index < -0.39 is 8.38 Å². The molecular weight excluding hydrogens is 259 g/mol. The van der Waals surface area contributed by atoms with Gasteiger partial charge in [0, 0.05) is 16.9 Å². The summed E-state index contributed by atoms with van der Waals surface area (Å²) in [6, 6.07) is 0. The van der Waals surface area contributed by atoms with Crippen molar-refractivity contribution in [2.75, 3.05) is 13.2 Å². The largest absolute Gasteiger partial charge is 0.465 e. The van der Waals surface area contributed by atoms with Gasteiger partial charge in [0.05, 0.1) is 19.5 Å². The molecule has 0 N–H and O–H groups in total. The highest BCUT2D eigenvalue weighted by Crippen LogP contribution is 2.41. The smallest absolute Gasteiger partial charge is 0.175 e. The van der Waals surface area contributed by atoms with Crippen molar-refractivity contribution >= 4 is 21.0 Å². The van der Waals surface area contributed by atoms with Gasteiger partial charge in [0.25, 0.3) is 0 Å². The number of rotatable bonds is 7. The van der Waals surface area contributed by atoms with Gasteiger partial charge in [0.15, 0.2) is 8.38 Å². The standard InChI is InChI=1S/C13H19O3P.C2H6/c1-5-8-13-11(4)14-9-12(13)10-17(15-6-2)16-7-3;1-2/h5,8-9H,1,4,6-7,10H2,2-3H3;1-2H3/b13-8+;. The summed E-state index contributed by atoms with van der Waals surface area (Å²) in [5.41, 5.74) is 1.71. The van der Waals surface area contributed by atoms with Crippen molar-refractivity contribution < 1.29 is 13.5 Å². The Hall–Kier alpha value is -0.890. The summed E-state index contributed by atoms with van der Waals surface area (Å²) >= 11 is 0. The SMILES string of the molecule is C=C/C=c1/c(CP(OCC)OCC)coc1=C.CC. The third-order valence-corrected chi connectivity index (χ3v) is 3.81. The van der Waals surface area contributed by atoms with Crippen LogP contribution in [-0.4, -0.2) is 13.2 Å². The molecule has 0 atom stereocenters. The zero-order chi connectivity index (χ0) is 14.7. The summed E-state index contributed by atoms with van der Waals surface area (Å²) in [6.07, 6.45) is 6.06. The first-order valence-electron chi connectivity index (χ1n) is 6.64. The first-order valence-corrected chi connectivity index (χ1v) is 8.00. The topological polar surface area (TPSA) is 31.6 Å². The number of hydrogen-bond acceptors (Lipinski definition) is 3. The monoisotopic (exact) mass is 284 g/mol. The van der Waals surface area contributed by atoms with E-state index in [4.69, 9.17) is 13.5 Å². The highest BCUT2D eigenvalue weighted by Gasteiger charge is 2.12. The van der Waals surface area contributed by atoms with Crippen LogP contribution in [0.3, 0.4) is 0 Å². The first-order chi connectivity index (χ1) is 9.22. The fourth-order valence-electron chi connectivity index (χ4n) is 1.44. The van der Waals surface area contributed by atoms with Gasteiger partial charge in [-0.25, -0.2) is 0 Å². The van der Waals surface area contributed by atoms with Gasteiger partial charge in [-0.3, -0.25) is 0 Å². The minimum Gasteiger partial charge on any atom is -0.465 e. The molecule has 0 aliphatic rings. The van der Waals surface area contributed by atoms with Crippen LogP contribution >= 0.6 is 8.38 Å². The number of allylic oxidation sites excluding steroid dienone is 1. The Kier molecular flexibility index (Phi) is 10.5. The maximum Gasteiger partial charge on any atom is 0.175 e. The highest BCUT2D eigenvalue weighted by atomic mass is 31.2. The Morgan fingerprint density at radius 3 is 2.32 bits per heavy atom. The minimum absolute atomic E-state index is 0.654. The van der Waals surface area contributed by atoms with Crippen LogP contribution in [0.25, 0.3) is 12.7 Å². The van der Waals surface area contributed by atoms with E-state index in [1.54, 1.807) is 12.3 Å². The van der Waals surface area contributed by atoms with E-state index in [9.17, 15) is 0 Å². The summed E-state index contributed by atoms with van der Waals surface area (Å²) < 4.78 is 16.5. The summed E-state index contributed by atoms with van der Waals surface area (Å²) in [6.45, 7) is 16.8. The number of hydrogen-bond donors (Lipinski definition) is 0. The Morgan fingerprint density at radius 2 is 1.84 bits per heavy atom. The van der Waals surface area contributed by atoms with Crippen molar-refractivity contribution in [1.82, 2.24) is 0 Å². The molecule has 0 aromatic carbocycles. The van der Waals surface area contributed by atoms with Crippen molar-refractivity contribution in [3.63, 3.8) is 0 Å². The molecule has 0 amide bonds. The zero-order valence-corrected chi connectivity index (χ0v) is 13.3. The molecule has 0 saturated heterocycles. The maximum atomic E-state index is 5.57. The molecule has 4 heteroatoms. The molecule has 0 aliphatic heterocycles. The molecule has 0 fully saturated rings. The predicted octanol–water partition coefficient (Wildman–Crippen LogP) is 3.57. The van der Waals surface area contributed by atoms with Crippen molar-refractivity contribution in [2.24, 2.45) is 0 Å². The molecule has 3 nitrogen and oxygen atoms in total. The Labute approximate surface area is 117 Å². The first kappa shape index (κ1) is 18.1. The fourth-order valence-corrected chi connectivity index (χ4v) is 2.80. The third kappa shape index (κ3) is 6.20. The van der Waals surface area contributed by atoms with Gasteiger partial charge < -0.3 is 13.5 Å². The van der Waals surface area contributed by atoms with Crippen LogP contribution in [-0.2, 0) is 15.2 Å². The lowest BCUT2D eigenvalue weighted by molar-refractivity contribution is 0.268. The zero-order valence-electron chi connectivity index (χ0n) is 12.4. The van der Waals surface area contributed by atoms with Gasteiger partial charge in [0.2, 0.25) is 0 Å². The molecule has 0 radical (unpaired) electrons. The van der Waals surface area contributed by atoms with E-state index in [1.807, 2.05) is 33.8 Å². The van der Waals surface area contributed by atoms with Crippen molar-refractivity contribution in [3.05, 3.63) is 35.1 Å². The lowest BCUT2D eigenvalue weighted by atomic mass is 10.3. The molecule has 0 spiro atoms. The van der Waals surface area contributed by atoms with Gasteiger partial charge in [-0.15, -0.1) is 0 Å². The van der Waals surface area contributed by atoms with Crippen LogP contribution < -0.4 is 10.6 Å². The third-order valence-electron chi connectivity index (χ3n) is 2.12. The quantitative estimate of drug-likeness (QED) is 0.717. The molecule has 1 aromatic rings. The molecular formula is C15H25O3P. The second-order valence-electron chi connectivity index (χ2n) is 3.33. The molecule has 1 aromatic heterocycles. The van der Waals surface area contributed by atoms with Gasteiger partial charge in [-0.2, -0.15) is 0 Å². The van der Waals surface area contributed by atoms with Crippen molar-refractivity contribution in [1.29, 1.82) is 0 Å². The lowest BCUT2D eigenvalue weighted by Gasteiger charge is -2.14. The molecule has 1 rings (SSSR count). The van der Waals surface area contributed by atoms with Crippen LogP contribution in [0.15, 0.2) is 23.3 Å². The predicted molar refractivity (Wildman–Crippen MR) is 83.4 cm³/mol.